The summed E-state index contributed by atoms with van der Waals surface area (Å²) in [6.45, 7) is 0. The van der Waals surface area contributed by atoms with Crippen LogP contribution in [-0.4, -0.2) is 16.9 Å². The molecule has 0 spiro atoms. The van der Waals surface area contributed by atoms with Gasteiger partial charge in [-0.3, -0.25) is 14.6 Å². The highest BCUT2D eigenvalue weighted by molar-refractivity contribution is 5.87. The number of nitrogens with zero attached hydrogens (tertiary/aromatic N) is 1. The Morgan fingerprint density at radius 1 is 0.842 bits per heavy atom. The molecule has 4 nitrogen and oxygen atoms in total. The summed E-state index contributed by atoms with van der Waals surface area (Å²) >= 11 is 0. The molecule has 0 atom stereocenters. The number of pyridine rings is 1. The summed E-state index contributed by atoms with van der Waals surface area (Å²) in [5, 5.41) is 0. The summed E-state index contributed by atoms with van der Waals surface area (Å²) in [5.74, 6) is -1.09. The summed E-state index contributed by atoms with van der Waals surface area (Å²) in [7, 11) is 0. The molecule has 0 unspecified atom stereocenters. The van der Waals surface area contributed by atoms with E-state index in [1.807, 2.05) is 30.3 Å². The molecule has 0 aliphatic carbocycles. The number of rotatable bonds is 4. The second kappa shape index (κ2) is 6.44. The second-order valence-electron chi connectivity index (χ2n) is 4.04. The van der Waals surface area contributed by atoms with Crippen molar-refractivity contribution >= 4 is 11.9 Å². The zero-order valence-electron chi connectivity index (χ0n) is 10.3. The molecule has 1 aromatic heterocycles. The van der Waals surface area contributed by atoms with Crippen molar-refractivity contribution in [3.63, 3.8) is 0 Å². The van der Waals surface area contributed by atoms with E-state index in [4.69, 9.17) is 4.74 Å². The van der Waals surface area contributed by atoms with Gasteiger partial charge in [0.15, 0.2) is 0 Å². The molecule has 2 rings (SSSR count). The first-order valence-corrected chi connectivity index (χ1v) is 5.90. The van der Waals surface area contributed by atoms with Crippen LogP contribution in [0.5, 0.6) is 0 Å². The van der Waals surface area contributed by atoms with Crippen molar-refractivity contribution in [1.82, 2.24) is 4.98 Å². The van der Waals surface area contributed by atoms with Crippen LogP contribution in [0.2, 0.25) is 0 Å². The number of carbonyl (C=O) groups excluding carboxylic acids is 2. The van der Waals surface area contributed by atoms with Crippen LogP contribution in [0.1, 0.15) is 11.1 Å². The third-order valence-electron chi connectivity index (χ3n) is 2.52. The Kier molecular flexibility index (Phi) is 4.39. The van der Waals surface area contributed by atoms with Gasteiger partial charge in [-0.25, -0.2) is 0 Å². The smallest absolute Gasteiger partial charge is 0.317 e. The van der Waals surface area contributed by atoms with Crippen LogP contribution in [0, 0.1) is 0 Å². The lowest BCUT2D eigenvalue weighted by molar-refractivity contribution is -0.158. The third-order valence-corrected chi connectivity index (χ3v) is 2.52. The summed E-state index contributed by atoms with van der Waals surface area (Å²) in [5.41, 5.74) is 1.59. The van der Waals surface area contributed by atoms with Crippen LogP contribution in [-0.2, 0) is 27.2 Å². The van der Waals surface area contributed by atoms with Gasteiger partial charge >= 0.3 is 11.9 Å². The van der Waals surface area contributed by atoms with E-state index in [2.05, 4.69) is 4.98 Å². The molecule has 0 aliphatic rings. The number of ether oxygens (including phenoxy) is 1. The number of carbonyl (C=O) groups is 2. The number of hydrogen-bond donors (Lipinski definition) is 0. The van der Waals surface area contributed by atoms with E-state index in [9.17, 15) is 9.59 Å². The minimum atomic E-state index is -0.549. The van der Waals surface area contributed by atoms with E-state index in [1.165, 1.54) is 0 Å². The average Bonchev–Trinajstić information content (AvgIpc) is 2.40. The van der Waals surface area contributed by atoms with Gasteiger partial charge in [-0.15, -0.1) is 0 Å². The van der Waals surface area contributed by atoms with Crippen LogP contribution in [0.3, 0.4) is 0 Å². The zero-order chi connectivity index (χ0) is 13.5. The van der Waals surface area contributed by atoms with Gasteiger partial charge in [0.2, 0.25) is 0 Å². The van der Waals surface area contributed by atoms with E-state index in [0.717, 1.165) is 11.1 Å². The van der Waals surface area contributed by atoms with Crippen molar-refractivity contribution in [2.75, 3.05) is 0 Å². The minimum absolute atomic E-state index is 0.0725. The standard InChI is InChI=1S/C15H13NO3/c17-14(10-12-4-2-1-3-5-12)19-15(18)11-13-6-8-16-9-7-13/h1-9H,10-11H2. The molecule has 0 radical (unpaired) electrons. The molecule has 0 saturated heterocycles. The highest BCUT2D eigenvalue weighted by atomic mass is 16.6. The predicted octanol–water partition coefficient (Wildman–Crippen LogP) is 1.94. The van der Waals surface area contributed by atoms with Crippen LogP contribution in [0.25, 0.3) is 0 Å². The first-order chi connectivity index (χ1) is 9.24. The molecule has 4 heteroatoms. The van der Waals surface area contributed by atoms with Gasteiger partial charge in [0.1, 0.15) is 0 Å². The largest absolute Gasteiger partial charge is 0.393 e. The molecular weight excluding hydrogens is 242 g/mol. The summed E-state index contributed by atoms with van der Waals surface area (Å²) in [4.78, 5) is 27.0. The summed E-state index contributed by atoms with van der Waals surface area (Å²) < 4.78 is 4.76. The minimum Gasteiger partial charge on any atom is -0.393 e. The normalized spacial score (nSPS) is 9.89. The van der Waals surface area contributed by atoms with E-state index < -0.39 is 11.9 Å². The molecule has 0 aliphatic heterocycles. The molecule has 1 heterocycles. The quantitative estimate of drug-likeness (QED) is 0.619. The van der Waals surface area contributed by atoms with E-state index in [1.54, 1.807) is 24.5 Å². The molecule has 0 bridgehead atoms. The molecule has 96 valence electrons. The highest BCUT2D eigenvalue weighted by Gasteiger charge is 2.11. The number of aromatic nitrogens is 1. The van der Waals surface area contributed by atoms with Crippen LogP contribution in [0.15, 0.2) is 54.9 Å². The molecule has 0 amide bonds. The predicted molar refractivity (Wildman–Crippen MR) is 69.2 cm³/mol. The fourth-order valence-electron chi connectivity index (χ4n) is 1.63. The Hall–Kier alpha value is -2.49. The first kappa shape index (κ1) is 13.0. The van der Waals surface area contributed by atoms with Gasteiger partial charge in [0.05, 0.1) is 12.8 Å². The second-order valence-corrected chi connectivity index (χ2v) is 4.04. The maximum Gasteiger partial charge on any atom is 0.317 e. The van der Waals surface area contributed by atoms with Crippen molar-refractivity contribution in [3.8, 4) is 0 Å². The number of esters is 2. The lowest BCUT2D eigenvalue weighted by Gasteiger charge is -2.03. The first-order valence-electron chi connectivity index (χ1n) is 5.90. The van der Waals surface area contributed by atoms with Crippen molar-refractivity contribution in [2.45, 2.75) is 12.8 Å². The fraction of sp³-hybridized carbons (Fsp3) is 0.133. The molecule has 0 saturated carbocycles. The topological polar surface area (TPSA) is 56.3 Å². The van der Waals surface area contributed by atoms with Gasteiger partial charge in [0.25, 0.3) is 0 Å². The average molecular weight is 255 g/mol. The fourth-order valence-corrected chi connectivity index (χ4v) is 1.63. The van der Waals surface area contributed by atoms with E-state index >= 15 is 0 Å². The maximum atomic E-state index is 11.6. The van der Waals surface area contributed by atoms with E-state index in [0.29, 0.717) is 0 Å². The van der Waals surface area contributed by atoms with Gasteiger partial charge in [-0.05, 0) is 23.3 Å². The maximum absolute atomic E-state index is 11.6. The van der Waals surface area contributed by atoms with Crippen LogP contribution < -0.4 is 0 Å². The van der Waals surface area contributed by atoms with Crippen LogP contribution in [0.4, 0.5) is 0 Å². The molecule has 19 heavy (non-hydrogen) atoms. The van der Waals surface area contributed by atoms with Crippen LogP contribution >= 0.6 is 0 Å². The van der Waals surface area contributed by atoms with Gasteiger partial charge < -0.3 is 4.74 Å². The Morgan fingerprint density at radius 2 is 1.37 bits per heavy atom. The summed E-state index contributed by atoms with van der Waals surface area (Å²) in [6.07, 6.45) is 3.36. The van der Waals surface area contributed by atoms with E-state index in [-0.39, 0.29) is 12.8 Å². The Morgan fingerprint density at radius 3 is 1.95 bits per heavy atom. The van der Waals surface area contributed by atoms with Crippen molar-refractivity contribution in [2.24, 2.45) is 0 Å². The lowest BCUT2D eigenvalue weighted by Crippen LogP contribution is -2.16. The Balaban J connectivity index is 1.84. The Labute approximate surface area is 111 Å². The van der Waals surface area contributed by atoms with Gasteiger partial charge in [-0.2, -0.15) is 0 Å². The molecule has 2 aromatic rings. The molecular formula is C15H13NO3. The lowest BCUT2D eigenvalue weighted by atomic mass is 10.1. The van der Waals surface area contributed by atoms with Crippen molar-refractivity contribution < 1.29 is 14.3 Å². The van der Waals surface area contributed by atoms with Crippen molar-refractivity contribution in [1.29, 1.82) is 0 Å². The number of hydrogen-bond acceptors (Lipinski definition) is 4. The summed E-state index contributed by atoms with van der Waals surface area (Å²) in [6, 6.07) is 12.6. The monoisotopic (exact) mass is 255 g/mol. The highest BCUT2D eigenvalue weighted by Crippen LogP contribution is 2.03. The van der Waals surface area contributed by atoms with Crippen molar-refractivity contribution in [3.05, 3.63) is 66.0 Å². The zero-order valence-corrected chi connectivity index (χ0v) is 10.3. The SMILES string of the molecule is O=C(Cc1ccccc1)OC(=O)Cc1ccncc1. The molecule has 0 N–H and O–H groups in total. The molecule has 0 fully saturated rings. The third kappa shape index (κ3) is 4.35. The molecule has 1 aromatic carbocycles. The Bertz CT molecular complexity index is 501. The van der Waals surface area contributed by atoms with Gasteiger partial charge in [0, 0.05) is 12.4 Å². The van der Waals surface area contributed by atoms with Gasteiger partial charge in [-0.1, -0.05) is 30.3 Å². The number of benzene rings is 1.